The molecule has 6 nitrogen and oxygen atoms in total. The van der Waals surface area contributed by atoms with Crippen molar-refractivity contribution in [2.45, 2.75) is 38.5 Å². The van der Waals surface area contributed by atoms with Gasteiger partial charge in [0.25, 0.3) is 0 Å². The summed E-state index contributed by atoms with van der Waals surface area (Å²) in [5, 5.41) is 9.66. The second kappa shape index (κ2) is 6.41. The maximum Gasteiger partial charge on any atom is 0.311 e. The van der Waals surface area contributed by atoms with Gasteiger partial charge in [0.15, 0.2) is 0 Å². The molecule has 0 aromatic heterocycles. The summed E-state index contributed by atoms with van der Waals surface area (Å²) in [4.78, 5) is 40.2. The lowest BCUT2D eigenvalue weighted by Gasteiger charge is -2.30. The Hall–Kier alpha value is -2.37. The molecule has 0 spiro atoms. The fourth-order valence-corrected chi connectivity index (χ4v) is 4.94. The number of likely N-dealkylation sites (tertiary alicyclic amines) is 1. The molecule has 0 radical (unpaired) electrons. The summed E-state index contributed by atoms with van der Waals surface area (Å²) in [6.07, 6.45) is 3.93. The molecule has 2 fully saturated rings. The average Bonchev–Trinajstić information content (AvgIpc) is 3.19. The minimum Gasteiger partial charge on any atom is -0.481 e. The van der Waals surface area contributed by atoms with E-state index in [0.29, 0.717) is 32.5 Å². The highest BCUT2D eigenvalue weighted by Crippen LogP contribution is 2.49. The topological polar surface area (TPSA) is 77.9 Å². The van der Waals surface area contributed by atoms with Crippen LogP contribution in [-0.2, 0) is 20.8 Å². The summed E-state index contributed by atoms with van der Waals surface area (Å²) >= 11 is 0. The number of benzene rings is 1. The highest BCUT2D eigenvalue weighted by atomic mass is 16.4. The predicted molar refractivity (Wildman–Crippen MR) is 95.7 cm³/mol. The summed E-state index contributed by atoms with van der Waals surface area (Å²) in [6, 6.07) is 7.82. The molecular formula is C20H24N2O4. The van der Waals surface area contributed by atoms with Gasteiger partial charge in [-0.25, -0.2) is 0 Å². The van der Waals surface area contributed by atoms with Crippen molar-refractivity contribution in [2.24, 2.45) is 11.3 Å². The van der Waals surface area contributed by atoms with Crippen LogP contribution in [0.4, 0.5) is 5.69 Å². The zero-order valence-corrected chi connectivity index (χ0v) is 14.8. The Morgan fingerprint density at radius 1 is 1.23 bits per heavy atom. The van der Waals surface area contributed by atoms with Crippen LogP contribution in [-0.4, -0.2) is 47.4 Å². The van der Waals surface area contributed by atoms with Gasteiger partial charge in [-0.05, 0) is 36.8 Å². The number of hydrogen-bond acceptors (Lipinski definition) is 3. The fourth-order valence-electron chi connectivity index (χ4n) is 4.94. The molecule has 2 heterocycles. The molecule has 1 aromatic carbocycles. The first kappa shape index (κ1) is 17.1. The molecule has 1 saturated carbocycles. The molecule has 3 aliphatic rings. The molecule has 1 aromatic rings. The first-order valence-corrected chi connectivity index (χ1v) is 9.41. The molecule has 2 aliphatic heterocycles. The van der Waals surface area contributed by atoms with Gasteiger partial charge in [0.2, 0.25) is 11.8 Å². The number of aliphatic carboxylic acids is 1. The molecule has 1 aliphatic carbocycles. The van der Waals surface area contributed by atoms with Crippen molar-refractivity contribution in [2.75, 3.05) is 24.5 Å². The number of carboxylic acid groups (broad SMARTS) is 1. The molecule has 0 bridgehead atoms. The third-order valence-electron chi connectivity index (χ3n) is 6.39. The number of anilines is 1. The number of amides is 2. The first-order valence-electron chi connectivity index (χ1n) is 9.41. The summed E-state index contributed by atoms with van der Waals surface area (Å²) in [6.45, 7) is 1.21. The second-order valence-electron chi connectivity index (χ2n) is 7.75. The van der Waals surface area contributed by atoms with Crippen molar-refractivity contribution in [3.63, 3.8) is 0 Å². The number of carbonyl (C=O) groups excluding carboxylic acids is 2. The van der Waals surface area contributed by atoms with Crippen molar-refractivity contribution >= 4 is 23.5 Å². The van der Waals surface area contributed by atoms with Crippen LogP contribution >= 0.6 is 0 Å². The number of hydrogen-bond donors (Lipinski definition) is 1. The number of aryl methyl sites for hydroxylation is 1. The van der Waals surface area contributed by atoms with Crippen LogP contribution in [0.25, 0.3) is 0 Å². The molecule has 1 N–H and O–H groups in total. The van der Waals surface area contributed by atoms with Crippen LogP contribution in [0.15, 0.2) is 24.3 Å². The van der Waals surface area contributed by atoms with Crippen LogP contribution in [0.2, 0.25) is 0 Å². The molecule has 138 valence electrons. The molecule has 6 heteroatoms. The van der Waals surface area contributed by atoms with Crippen molar-refractivity contribution in [3.05, 3.63) is 29.8 Å². The lowest BCUT2D eigenvalue weighted by Crippen LogP contribution is -2.40. The molecule has 1 saturated heterocycles. The van der Waals surface area contributed by atoms with Crippen molar-refractivity contribution in [3.8, 4) is 0 Å². The van der Waals surface area contributed by atoms with E-state index < -0.39 is 11.4 Å². The Balaban J connectivity index is 1.42. The van der Waals surface area contributed by atoms with E-state index in [4.69, 9.17) is 0 Å². The molecule has 4 rings (SSSR count). The Kier molecular flexibility index (Phi) is 4.21. The van der Waals surface area contributed by atoms with Crippen LogP contribution < -0.4 is 4.90 Å². The minimum atomic E-state index is -0.768. The monoisotopic (exact) mass is 356 g/mol. The van der Waals surface area contributed by atoms with Gasteiger partial charge in [0.05, 0.1) is 5.41 Å². The third kappa shape index (κ3) is 2.68. The Labute approximate surface area is 152 Å². The van der Waals surface area contributed by atoms with Crippen molar-refractivity contribution in [1.82, 2.24) is 4.90 Å². The summed E-state index contributed by atoms with van der Waals surface area (Å²) in [7, 11) is 0. The third-order valence-corrected chi connectivity index (χ3v) is 6.39. The first-order chi connectivity index (χ1) is 12.5. The lowest BCUT2D eigenvalue weighted by atomic mass is 9.81. The molecule has 2 atom stereocenters. The number of nitrogens with zero attached hydrogens (tertiary/aromatic N) is 2. The van der Waals surface area contributed by atoms with E-state index in [1.54, 1.807) is 9.80 Å². The maximum atomic E-state index is 12.7. The summed E-state index contributed by atoms with van der Waals surface area (Å²) < 4.78 is 0. The molecular weight excluding hydrogens is 332 g/mol. The second-order valence-corrected chi connectivity index (χ2v) is 7.75. The average molecular weight is 356 g/mol. The largest absolute Gasteiger partial charge is 0.481 e. The summed E-state index contributed by atoms with van der Waals surface area (Å²) in [5.41, 5.74) is 1.29. The number of rotatable bonds is 4. The zero-order valence-electron chi connectivity index (χ0n) is 14.8. The Bertz CT molecular complexity index is 762. The van der Waals surface area contributed by atoms with E-state index in [1.807, 2.05) is 24.3 Å². The SMILES string of the molecule is O=C(CCN1C(=O)CCc2ccccc21)N1C[C@@H]2CCC[C@@]2(C(=O)O)C1. The van der Waals surface area contributed by atoms with Gasteiger partial charge in [0, 0.05) is 38.2 Å². The highest BCUT2D eigenvalue weighted by Gasteiger charge is 2.55. The van der Waals surface area contributed by atoms with Crippen LogP contribution in [0.3, 0.4) is 0 Å². The van der Waals surface area contributed by atoms with Gasteiger partial charge in [-0.3, -0.25) is 14.4 Å². The minimum absolute atomic E-state index is 0.0455. The lowest BCUT2D eigenvalue weighted by molar-refractivity contribution is -0.149. The Morgan fingerprint density at radius 3 is 2.81 bits per heavy atom. The molecule has 26 heavy (non-hydrogen) atoms. The number of fused-ring (bicyclic) bond motifs is 2. The van der Waals surface area contributed by atoms with E-state index >= 15 is 0 Å². The fraction of sp³-hybridized carbons (Fsp3) is 0.550. The number of para-hydroxylation sites is 1. The van der Waals surface area contributed by atoms with Gasteiger partial charge in [-0.2, -0.15) is 0 Å². The van der Waals surface area contributed by atoms with E-state index in [0.717, 1.165) is 30.5 Å². The van der Waals surface area contributed by atoms with E-state index in [1.165, 1.54) is 0 Å². The van der Waals surface area contributed by atoms with Crippen LogP contribution in [0, 0.1) is 11.3 Å². The smallest absolute Gasteiger partial charge is 0.311 e. The van der Waals surface area contributed by atoms with Gasteiger partial charge in [0.1, 0.15) is 0 Å². The Morgan fingerprint density at radius 2 is 2.04 bits per heavy atom. The number of carbonyl (C=O) groups is 3. The standard InChI is InChI=1S/C20H24N2O4/c23-17(21-12-15-5-3-10-20(15,13-21)19(25)26)9-11-22-16-6-2-1-4-14(16)7-8-18(22)24/h1-2,4,6,15H,3,5,7-13H2,(H,25,26)/t15-,20+/m0/s1. The van der Waals surface area contributed by atoms with Gasteiger partial charge >= 0.3 is 5.97 Å². The molecule has 2 amide bonds. The van der Waals surface area contributed by atoms with E-state index in [-0.39, 0.29) is 24.2 Å². The van der Waals surface area contributed by atoms with Gasteiger partial charge < -0.3 is 14.9 Å². The quantitative estimate of drug-likeness (QED) is 0.896. The summed E-state index contributed by atoms with van der Waals surface area (Å²) in [5.74, 6) is -0.690. The maximum absolute atomic E-state index is 12.7. The van der Waals surface area contributed by atoms with E-state index in [2.05, 4.69) is 0 Å². The van der Waals surface area contributed by atoms with Gasteiger partial charge in [-0.1, -0.05) is 24.6 Å². The highest BCUT2D eigenvalue weighted by molar-refractivity contribution is 5.97. The molecule has 0 unspecified atom stereocenters. The van der Waals surface area contributed by atoms with Gasteiger partial charge in [-0.15, -0.1) is 0 Å². The van der Waals surface area contributed by atoms with E-state index in [9.17, 15) is 19.5 Å². The number of carboxylic acids is 1. The van der Waals surface area contributed by atoms with Crippen LogP contribution in [0.5, 0.6) is 0 Å². The normalized spacial score (nSPS) is 27.4. The predicted octanol–water partition coefficient (Wildman–Crippen LogP) is 2.07. The zero-order chi connectivity index (χ0) is 18.3. The van der Waals surface area contributed by atoms with Crippen molar-refractivity contribution in [1.29, 1.82) is 0 Å². The van der Waals surface area contributed by atoms with Crippen LogP contribution in [0.1, 0.15) is 37.7 Å². The van der Waals surface area contributed by atoms with Crippen molar-refractivity contribution < 1.29 is 19.5 Å².